The summed E-state index contributed by atoms with van der Waals surface area (Å²) >= 11 is 0. The normalized spacial score (nSPS) is 29.3. The van der Waals surface area contributed by atoms with Gasteiger partial charge in [-0.05, 0) is 0 Å². The van der Waals surface area contributed by atoms with Crippen molar-refractivity contribution in [2.75, 3.05) is 6.61 Å². The Labute approximate surface area is 123 Å². The van der Waals surface area contributed by atoms with Gasteiger partial charge in [-0.3, -0.25) is 0 Å². The van der Waals surface area contributed by atoms with E-state index in [4.69, 9.17) is 15.0 Å². The third-order valence-electron chi connectivity index (χ3n) is 3.34. The summed E-state index contributed by atoms with van der Waals surface area (Å²) in [5.74, 6) is -0.203. The molecule has 0 unspecified atom stereocenters. The van der Waals surface area contributed by atoms with E-state index >= 15 is 0 Å². The zero-order valence-electron chi connectivity index (χ0n) is 11.0. The second kappa shape index (κ2) is 5.19. The summed E-state index contributed by atoms with van der Waals surface area (Å²) < 4.78 is 28.5. The molecule has 0 aliphatic carbocycles. The summed E-state index contributed by atoms with van der Waals surface area (Å²) in [6.07, 6.45) is -3.81. The molecular weight excluding hydrogens is 318 g/mol. The van der Waals surface area contributed by atoms with Gasteiger partial charge in [-0.15, -0.1) is 0 Å². The Hall–Kier alpha value is -1.70. The first-order valence-electron chi connectivity index (χ1n) is 6.19. The number of hydrogen-bond donors (Lipinski definition) is 5. The van der Waals surface area contributed by atoms with Gasteiger partial charge in [0.25, 0.3) is 10.0 Å². The zero-order valence-corrected chi connectivity index (χ0v) is 11.8. The maximum atomic E-state index is 11.6. The Morgan fingerprint density at radius 2 is 2.05 bits per heavy atom. The number of rotatable bonds is 3. The van der Waals surface area contributed by atoms with Gasteiger partial charge in [0.15, 0.2) is 16.5 Å². The molecule has 0 spiro atoms. The van der Waals surface area contributed by atoms with Crippen LogP contribution in [0.5, 0.6) is 0 Å². The lowest BCUT2D eigenvalue weighted by Crippen LogP contribution is -2.32. The van der Waals surface area contributed by atoms with Crippen molar-refractivity contribution in [1.29, 1.82) is 0 Å². The number of sulfonamides is 1. The fourth-order valence-electron chi connectivity index (χ4n) is 2.27. The number of imidazole rings is 1. The molecule has 3 rings (SSSR count). The quantitative estimate of drug-likeness (QED) is 0.369. The van der Waals surface area contributed by atoms with Crippen molar-refractivity contribution in [3.63, 3.8) is 0 Å². The standard InChI is InChI=1S/C10H13N5O6S/c11-22(19,20)10-4-8(13-2-12-4)14-9(15-10)7-6(18)5(17)3(1-16)21-7/h2-3,5-7,16-18H,1H2,(H2,11,19,20)(H,12,13,14,15)/t3-,5-,6-,7-/m0/s1. The van der Waals surface area contributed by atoms with Crippen LogP contribution in [0, 0.1) is 0 Å². The van der Waals surface area contributed by atoms with Crippen LogP contribution < -0.4 is 5.14 Å². The molecule has 12 heteroatoms. The topological polar surface area (TPSA) is 185 Å². The van der Waals surface area contributed by atoms with E-state index in [0.717, 1.165) is 0 Å². The molecule has 0 radical (unpaired) electrons. The van der Waals surface area contributed by atoms with Gasteiger partial charge in [-0.1, -0.05) is 0 Å². The Morgan fingerprint density at radius 3 is 2.64 bits per heavy atom. The average Bonchev–Trinajstić information content (AvgIpc) is 3.03. The second-order valence-electron chi connectivity index (χ2n) is 4.79. The van der Waals surface area contributed by atoms with Crippen molar-refractivity contribution in [2.24, 2.45) is 5.14 Å². The van der Waals surface area contributed by atoms with Crippen LogP contribution in [0.15, 0.2) is 11.4 Å². The van der Waals surface area contributed by atoms with Crippen LogP contribution in [0.1, 0.15) is 11.9 Å². The van der Waals surface area contributed by atoms with E-state index < -0.39 is 46.1 Å². The van der Waals surface area contributed by atoms with Gasteiger partial charge in [-0.25, -0.2) is 28.5 Å². The Kier molecular flexibility index (Phi) is 3.58. The first-order valence-corrected chi connectivity index (χ1v) is 7.74. The van der Waals surface area contributed by atoms with Gasteiger partial charge in [0.05, 0.1) is 12.9 Å². The average molecular weight is 331 g/mol. The minimum absolute atomic E-state index is 0.0202. The molecule has 1 saturated heterocycles. The van der Waals surface area contributed by atoms with Gasteiger partial charge >= 0.3 is 0 Å². The number of H-pyrrole nitrogens is 1. The molecule has 120 valence electrons. The Balaban J connectivity index is 2.13. The number of aromatic amines is 1. The highest BCUT2D eigenvalue weighted by atomic mass is 32.2. The summed E-state index contributed by atoms with van der Waals surface area (Å²) in [5, 5.41) is 33.4. The van der Waals surface area contributed by atoms with Crippen molar-refractivity contribution >= 4 is 21.2 Å². The van der Waals surface area contributed by atoms with Crippen LogP contribution in [0.3, 0.4) is 0 Å². The number of hydrogen-bond acceptors (Lipinski definition) is 9. The van der Waals surface area contributed by atoms with E-state index in [9.17, 15) is 18.6 Å². The van der Waals surface area contributed by atoms with Crippen LogP contribution >= 0.6 is 0 Å². The summed E-state index contributed by atoms with van der Waals surface area (Å²) in [5.41, 5.74) is 0.0461. The van der Waals surface area contributed by atoms with Crippen molar-refractivity contribution in [1.82, 2.24) is 19.9 Å². The van der Waals surface area contributed by atoms with E-state index in [-0.39, 0.29) is 17.0 Å². The zero-order chi connectivity index (χ0) is 16.1. The molecule has 11 nitrogen and oxygen atoms in total. The molecule has 1 fully saturated rings. The van der Waals surface area contributed by atoms with Gasteiger partial charge in [0.1, 0.15) is 29.9 Å². The van der Waals surface area contributed by atoms with Gasteiger partial charge in [-0.2, -0.15) is 0 Å². The van der Waals surface area contributed by atoms with E-state index in [0.29, 0.717) is 0 Å². The maximum absolute atomic E-state index is 11.6. The monoisotopic (exact) mass is 331 g/mol. The van der Waals surface area contributed by atoms with Crippen molar-refractivity contribution in [3.05, 3.63) is 12.2 Å². The van der Waals surface area contributed by atoms with Crippen molar-refractivity contribution < 1.29 is 28.5 Å². The molecule has 2 aromatic heterocycles. The predicted octanol–water partition coefficient (Wildman–Crippen LogP) is -2.85. The number of nitrogens with one attached hydrogen (secondary N) is 1. The first kappa shape index (κ1) is 15.2. The van der Waals surface area contributed by atoms with E-state index in [1.165, 1.54) is 6.33 Å². The number of nitrogens with two attached hydrogens (primary N) is 1. The fraction of sp³-hybridized carbons (Fsp3) is 0.500. The molecule has 3 heterocycles. The van der Waals surface area contributed by atoms with E-state index in [1.54, 1.807) is 0 Å². The molecule has 0 bridgehead atoms. The van der Waals surface area contributed by atoms with Gasteiger partial charge in [0.2, 0.25) is 0 Å². The molecule has 22 heavy (non-hydrogen) atoms. The molecule has 0 aromatic carbocycles. The van der Waals surface area contributed by atoms with E-state index in [2.05, 4.69) is 19.9 Å². The molecule has 2 aromatic rings. The second-order valence-corrected chi connectivity index (χ2v) is 6.27. The SMILES string of the molecule is NS(=O)(=O)c1nc([C@H]2O[C@@H](CO)[C@H](O)[C@@H]2O)nc2nc[nH]c12. The van der Waals surface area contributed by atoms with Crippen molar-refractivity contribution in [2.45, 2.75) is 29.4 Å². The lowest BCUT2D eigenvalue weighted by Gasteiger charge is -2.13. The minimum Gasteiger partial charge on any atom is -0.394 e. The largest absolute Gasteiger partial charge is 0.394 e. The highest BCUT2D eigenvalue weighted by Gasteiger charge is 2.45. The van der Waals surface area contributed by atoms with Crippen LogP contribution in [0.25, 0.3) is 11.2 Å². The van der Waals surface area contributed by atoms with Gasteiger partial charge < -0.3 is 25.0 Å². The summed E-state index contributed by atoms with van der Waals surface area (Å²) in [4.78, 5) is 14.2. The molecule has 1 aliphatic heterocycles. The Bertz CT molecular complexity index is 807. The molecule has 0 saturated carbocycles. The smallest absolute Gasteiger partial charge is 0.257 e. The molecule has 1 aliphatic rings. The number of ether oxygens (including phenoxy) is 1. The van der Waals surface area contributed by atoms with Crippen LogP contribution in [0.4, 0.5) is 0 Å². The van der Waals surface area contributed by atoms with Crippen LogP contribution in [-0.2, 0) is 14.8 Å². The predicted molar refractivity (Wildman–Crippen MR) is 69.8 cm³/mol. The van der Waals surface area contributed by atoms with E-state index in [1.807, 2.05) is 0 Å². The molecular formula is C10H13N5O6S. The number of aliphatic hydroxyl groups is 3. The summed E-state index contributed by atoms with van der Waals surface area (Å²) in [6, 6.07) is 0. The third-order valence-corrected chi connectivity index (χ3v) is 4.17. The van der Waals surface area contributed by atoms with Crippen LogP contribution in [-0.4, -0.2) is 68.6 Å². The molecule has 4 atom stereocenters. The lowest BCUT2D eigenvalue weighted by molar-refractivity contribution is -0.0253. The number of fused-ring (bicyclic) bond motifs is 1. The highest BCUT2D eigenvalue weighted by Crippen LogP contribution is 2.32. The Morgan fingerprint density at radius 1 is 1.32 bits per heavy atom. The van der Waals surface area contributed by atoms with Crippen LogP contribution in [0.2, 0.25) is 0 Å². The molecule has 0 amide bonds. The van der Waals surface area contributed by atoms with Gasteiger partial charge in [0, 0.05) is 0 Å². The van der Waals surface area contributed by atoms with Crippen molar-refractivity contribution in [3.8, 4) is 0 Å². The molecule has 6 N–H and O–H groups in total. The third kappa shape index (κ3) is 2.35. The maximum Gasteiger partial charge on any atom is 0.257 e. The number of aliphatic hydroxyl groups excluding tert-OH is 3. The first-order chi connectivity index (χ1) is 10.3. The summed E-state index contributed by atoms with van der Waals surface area (Å²) in [7, 11) is -4.17. The number of aromatic nitrogens is 4. The summed E-state index contributed by atoms with van der Waals surface area (Å²) in [6.45, 7) is -0.526. The lowest BCUT2D eigenvalue weighted by atomic mass is 10.1. The number of nitrogens with zero attached hydrogens (tertiary/aromatic N) is 3. The number of primary sulfonamides is 1. The minimum atomic E-state index is -4.17. The highest BCUT2D eigenvalue weighted by molar-refractivity contribution is 7.89. The fourth-order valence-corrected chi connectivity index (χ4v) is 2.92.